The SMILES string of the molecule is Cc1cn2c3c(c(NCCCc4cccnc4)c(F)c(N)c3c1=O)OC[C@@H]2C. The zero-order valence-corrected chi connectivity index (χ0v) is 16.0. The molecule has 1 atom stereocenters. The van der Waals surface area contributed by atoms with Crippen molar-refractivity contribution in [1.29, 1.82) is 0 Å². The molecule has 6 nitrogen and oxygen atoms in total. The number of rotatable bonds is 5. The fourth-order valence-corrected chi connectivity index (χ4v) is 3.69. The Balaban J connectivity index is 1.71. The average Bonchev–Trinajstić information content (AvgIpc) is 2.70. The Hall–Kier alpha value is -3.09. The number of nitrogens with two attached hydrogens (primary N) is 1. The molecule has 2 aromatic heterocycles. The molecular formula is C21H23FN4O2. The first-order chi connectivity index (χ1) is 13.5. The Labute approximate surface area is 162 Å². The Kier molecular flexibility index (Phi) is 4.66. The van der Waals surface area contributed by atoms with Crippen LogP contribution in [0.4, 0.5) is 15.8 Å². The number of nitrogens with zero attached hydrogens (tertiary/aromatic N) is 2. The third-order valence-corrected chi connectivity index (χ3v) is 5.19. The molecule has 1 aliphatic rings. The van der Waals surface area contributed by atoms with Crippen LogP contribution in [0.15, 0.2) is 35.5 Å². The molecule has 0 spiro atoms. The maximum atomic E-state index is 15.1. The lowest BCUT2D eigenvalue weighted by atomic mass is 10.0. The molecule has 0 radical (unpaired) electrons. The Morgan fingerprint density at radius 3 is 3.04 bits per heavy atom. The Morgan fingerprint density at radius 2 is 2.29 bits per heavy atom. The number of nitrogens with one attached hydrogen (secondary N) is 1. The molecule has 0 fully saturated rings. The summed E-state index contributed by atoms with van der Waals surface area (Å²) in [6.07, 6.45) is 6.97. The monoisotopic (exact) mass is 382 g/mol. The number of aromatic nitrogens is 2. The van der Waals surface area contributed by atoms with Gasteiger partial charge in [-0.05, 0) is 38.3 Å². The van der Waals surface area contributed by atoms with Crippen LogP contribution < -0.4 is 21.2 Å². The van der Waals surface area contributed by atoms with Gasteiger partial charge in [0.05, 0.1) is 22.6 Å². The molecule has 3 heterocycles. The molecule has 0 aliphatic carbocycles. The van der Waals surface area contributed by atoms with Gasteiger partial charge in [0, 0.05) is 30.7 Å². The molecule has 0 saturated carbocycles. The summed E-state index contributed by atoms with van der Waals surface area (Å²) >= 11 is 0. The molecule has 1 aliphatic heterocycles. The fourth-order valence-electron chi connectivity index (χ4n) is 3.69. The summed E-state index contributed by atoms with van der Waals surface area (Å²) in [5.74, 6) is -0.272. The lowest BCUT2D eigenvalue weighted by Gasteiger charge is -2.29. The number of hydrogen-bond acceptors (Lipinski definition) is 5. The van der Waals surface area contributed by atoms with Crippen LogP contribution in [0.2, 0.25) is 0 Å². The molecule has 7 heteroatoms. The van der Waals surface area contributed by atoms with E-state index in [9.17, 15) is 4.79 Å². The van der Waals surface area contributed by atoms with Crippen LogP contribution in [-0.4, -0.2) is 22.7 Å². The summed E-state index contributed by atoms with van der Waals surface area (Å²) in [4.78, 5) is 16.7. The first-order valence-electron chi connectivity index (χ1n) is 9.41. The van der Waals surface area contributed by atoms with Crippen LogP contribution in [-0.2, 0) is 6.42 Å². The maximum Gasteiger partial charge on any atom is 0.194 e. The van der Waals surface area contributed by atoms with Gasteiger partial charge in [-0.25, -0.2) is 4.39 Å². The van der Waals surface area contributed by atoms with Crippen molar-refractivity contribution in [2.24, 2.45) is 0 Å². The van der Waals surface area contributed by atoms with Gasteiger partial charge in [0.2, 0.25) is 0 Å². The van der Waals surface area contributed by atoms with Gasteiger partial charge in [-0.2, -0.15) is 0 Å². The van der Waals surface area contributed by atoms with Crippen molar-refractivity contribution in [2.75, 3.05) is 24.2 Å². The first-order valence-corrected chi connectivity index (χ1v) is 9.41. The largest absolute Gasteiger partial charge is 0.487 e. The quantitative estimate of drug-likeness (QED) is 0.522. The second-order valence-corrected chi connectivity index (χ2v) is 7.26. The number of nitrogen functional groups attached to an aromatic ring is 1. The highest BCUT2D eigenvalue weighted by Gasteiger charge is 2.28. The molecule has 3 N–H and O–H groups in total. The van der Waals surface area contributed by atoms with Crippen LogP contribution >= 0.6 is 0 Å². The molecule has 1 aromatic carbocycles. The van der Waals surface area contributed by atoms with Gasteiger partial charge in [0.1, 0.15) is 12.3 Å². The van der Waals surface area contributed by atoms with Gasteiger partial charge < -0.3 is 20.4 Å². The summed E-state index contributed by atoms with van der Waals surface area (Å²) in [6, 6.07) is 3.93. The van der Waals surface area contributed by atoms with Crippen molar-refractivity contribution < 1.29 is 9.13 Å². The number of halogens is 1. The first kappa shape index (κ1) is 18.3. The van der Waals surface area contributed by atoms with E-state index in [1.165, 1.54) is 0 Å². The van der Waals surface area contributed by atoms with E-state index in [0.717, 1.165) is 18.4 Å². The number of anilines is 2. The fraction of sp³-hybridized carbons (Fsp3) is 0.333. The highest BCUT2D eigenvalue weighted by atomic mass is 19.1. The highest BCUT2D eigenvalue weighted by molar-refractivity contribution is 6.00. The minimum absolute atomic E-state index is 0.0255. The second kappa shape index (κ2) is 7.14. The molecule has 0 saturated heterocycles. The molecule has 4 rings (SSSR count). The number of aryl methyl sites for hydroxylation is 2. The normalized spacial score (nSPS) is 15.5. The smallest absolute Gasteiger partial charge is 0.194 e. The van der Waals surface area contributed by atoms with Crippen molar-refractivity contribution in [3.8, 4) is 5.75 Å². The lowest BCUT2D eigenvalue weighted by Crippen LogP contribution is -2.26. The third kappa shape index (κ3) is 2.96. The van der Waals surface area contributed by atoms with Gasteiger partial charge in [-0.1, -0.05) is 6.07 Å². The average molecular weight is 382 g/mol. The molecule has 0 bridgehead atoms. The van der Waals surface area contributed by atoms with E-state index < -0.39 is 5.82 Å². The number of benzene rings is 1. The van der Waals surface area contributed by atoms with E-state index in [2.05, 4.69) is 10.3 Å². The molecule has 28 heavy (non-hydrogen) atoms. The van der Waals surface area contributed by atoms with E-state index in [4.69, 9.17) is 10.5 Å². The summed E-state index contributed by atoms with van der Waals surface area (Å²) < 4.78 is 22.9. The number of pyridine rings is 2. The third-order valence-electron chi connectivity index (χ3n) is 5.19. The van der Waals surface area contributed by atoms with E-state index in [1.54, 1.807) is 19.3 Å². The minimum atomic E-state index is -0.632. The predicted octanol–water partition coefficient (Wildman–Crippen LogP) is 3.42. The zero-order chi connectivity index (χ0) is 19.8. The van der Waals surface area contributed by atoms with E-state index in [1.807, 2.05) is 29.8 Å². The molecule has 146 valence electrons. The standard InChI is InChI=1S/C21H23FN4O2/c1-12-10-26-13(2)11-28-21-18(16(22)17(23)15(19(21)26)20(12)27)25-8-4-6-14-5-3-7-24-9-14/h3,5,7,9-10,13,25H,4,6,8,11,23H2,1-2H3/t13-/m0/s1. The maximum absolute atomic E-state index is 15.1. The molecule has 0 amide bonds. The van der Waals surface area contributed by atoms with Crippen LogP contribution in [0, 0.1) is 12.7 Å². The van der Waals surface area contributed by atoms with Crippen molar-refractivity contribution in [1.82, 2.24) is 9.55 Å². The van der Waals surface area contributed by atoms with Gasteiger partial charge in [0.25, 0.3) is 0 Å². The number of ether oxygens (including phenoxy) is 1. The summed E-state index contributed by atoms with van der Waals surface area (Å²) in [6.45, 7) is 4.65. The minimum Gasteiger partial charge on any atom is -0.487 e. The second-order valence-electron chi connectivity index (χ2n) is 7.26. The summed E-state index contributed by atoms with van der Waals surface area (Å²) in [5, 5.41) is 3.32. The summed E-state index contributed by atoms with van der Waals surface area (Å²) in [7, 11) is 0. The van der Waals surface area contributed by atoms with E-state index >= 15 is 4.39 Å². The van der Waals surface area contributed by atoms with Crippen molar-refractivity contribution in [2.45, 2.75) is 32.7 Å². The van der Waals surface area contributed by atoms with Crippen molar-refractivity contribution in [3.05, 3.63) is 57.9 Å². The Bertz CT molecular complexity index is 1100. The van der Waals surface area contributed by atoms with Crippen molar-refractivity contribution >= 4 is 22.3 Å². The van der Waals surface area contributed by atoms with Crippen molar-refractivity contribution in [3.63, 3.8) is 0 Å². The molecular weight excluding hydrogens is 359 g/mol. The lowest BCUT2D eigenvalue weighted by molar-refractivity contribution is 0.247. The topological polar surface area (TPSA) is 82.2 Å². The van der Waals surface area contributed by atoms with Crippen LogP contribution in [0.5, 0.6) is 5.75 Å². The van der Waals surface area contributed by atoms with Crippen LogP contribution in [0.25, 0.3) is 10.9 Å². The van der Waals surface area contributed by atoms with Gasteiger partial charge in [-0.3, -0.25) is 9.78 Å². The van der Waals surface area contributed by atoms with Gasteiger partial charge in [0.15, 0.2) is 17.0 Å². The molecule has 0 unspecified atom stereocenters. The van der Waals surface area contributed by atoms with E-state index in [0.29, 0.717) is 30.0 Å². The molecule has 3 aromatic rings. The van der Waals surface area contributed by atoms with Crippen LogP contribution in [0.3, 0.4) is 0 Å². The predicted molar refractivity (Wildman–Crippen MR) is 109 cm³/mol. The number of hydrogen-bond donors (Lipinski definition) is 2. The van der Waals surface area contributed by atoms with E-state index in [-0.39, 0.29) is 28.2 Å². The van der Waals surface area contributed by atoms with Gasteiger partial charge >= 0.3 is 0 Å². The Morgan fingerprint density at radius 1 is 1.46 bits per heavy atom. The highest BCUT2D eigenvalue weighted by Crippen LogP contribution is 2.43. The summed E-state index contributed by atoms with van der Waals surface area (Å²) in [5.41, 5.74) is 8.11. The zero-order valence-electron chi connectivity index (χ0n) is 16.0. The van der Waals surface area contributed by atoms with Crippen LogP contribution in [0.1, 0.15) is 30.5 Å². The van der Waals surface area contributed by atoms with Gasteiger partial charge in [-0.15, -0.1) is 0 Å².